The summed E-state index contributed by atoms with van der Waals surface area (Å²) in [7, 11) is 0. The number of aryl methyl sites for hydroxylation is 1. The van der Waals surface area contributed by atoms with Crippen LogP contribution in [0.15, 0.2) is 79.4 Å². The molecule has 0 saturated carbocycles. The van der Waals surface area contributed by atoms with Gasteiger partial charge in [-0.05, 0) is 48.9 Å². The molecule has 138 valence electrons. The number of amides is 1. The van der Waals surface area contributed by atoms with E-state index in [1.807, 2.05) is 31.2 Å². The quantitative estimate of drug-likeness (QED) is 0.573. The first-order valence-corrected chi connectivity index (χ1v) is 8.66. The van der Waals surface area contributed by atoms with Crippen LogP contribution < -0.4 is 10.1 Å². The molecule has 0 aliphatic heterocycles. The average molecular weight is 371 g/mol. The average Bonchev–Trinajstić information content (AvgIpc) is 3.25. The third-order valence-corrected chi connectivity index (χ3v) is 4.09. The van der Waals surface area contributed by atoms with E-state index in [2.05, 4.69) is 20.4 Å². The summed E-state index contributed by atoms with van der Waals surface area (Å²) in [6.45, 7) is 1.91. The lowest BCUT2D eigenvalue weighted by atomic mass is 10.1. The molecule has 0 aliphatic carbocycles. The van der Waals surface area contributed by atoms with Gasteiger partial charge in [-0.1, -0.05) is 18.2 Å². The fourth-order valence-electron chi connectivity index (χ4n) is 2.67. The summed E-state index contributed by atoms with van der Waals surface area (Å²) >= 11 is 0. The van der Waals surface area contributed by atoms with Crippen molar-refractivity contribution >= 4 is 11.6 Å². The molecule has 28 heavy (non-hydrogen) atoms. The Kier molecular flexibility index (Phi) is 4.79. The lowest BCUT2D eigenvalue weighted by molar-refractivity contribution is 0.102. The molecule has 0 unspecified atom stereocenters. The Morgan fingerprint density at radius 2 is 1.86 bits per heavy atom. The van der Waals surface area contributed by atoms with Gasteiger partial charge in [0.1, 0.15) is 12.1 Å². The molecule has 0 spiro atoms. The molecular formula is C21H17N5O2. The van der Waals surface area contributed by atoms with Crippen molar-refractivity contribution in [2.45, 2.75) is 6.92 Å². The number of aromatic nitrogens is 4. The summed E-state index contributed by atoms with van der Waals surface area (Å²) in [5.74, 6) is 1.46. The minimum absolute atomic E-state index is 0.147. The number of benzene rings is 2. The molecule has 0 fully saturated rings. The molecule has 0 aliphatic rings. The number of ether oxygens (including phenoxy) is 1. The van der Waals surface area contributed by atoms with Crippen molar-refractivity contribution in [1.82, 2.24) is 19.7 Å². The van der Waals surface area contributed by atoms with E-state index in [-0.39, 0.29) is 5.91 Å². The van der Waals surface area contributed by atoms with Gasteiger partial charge in [0.2, 0.25) is 5.88 Å². The summed E-state index contributed by atoms with van der Waals surface area (Å²) in [5, 5.41) is 7.02. The summed E-state index contributed by atoms with van der Waals surface area (Å²) in [6, 6.07) is 18.1. The van der Waals surface area contributed by atoms with Crippen LogP contribution in [0, 0.1) is 6.92 Å². The van der Waals surface area contributed by atoms with E-state index >= 15 is 0 Å². The fourth-order valence-corrected chi connectivity index (χ4v) is 2.67. The van der Waals surface area contributed by atoms with Crippen LogP contribution >= 0.6 is 0 Å². The van der Waals surface area contributed by atoms with E-state index in [4.69, 9.17) is 4.74 Å². The van der Waals surface area contributed by atoms with Gasteiger partial charge in [0.05, 0.1) is 0 Å². The summed E-state index contributed by atoms with van der Waals surface area (Å²) in [5.41, 5.74) is 2.26. The number of nitrogens with zero attached hydrogens (tertiary/aromatic N) is 4. The Morgan fingerprint density at radius 3 is 2.61 bits per heavy atom. The Bertz CT molecular complexity index is 1090. The number of hydrogen-bond donors (Lipinski definition) is 1. The molecule has 1 N–H and O–H groups in total. The Labute approximate surface area is 161 Å². The Balaban J connectivity index is 1.45. The van der Waals surface area contributed by atoms with Gasteiger partial charge in [-0.25, -0.2) is 14.6 Å². The Morgan fingerprint density at radius 1 is 1.04 bits per heavy atom. The van der Waals surface area contributed by atoms with Crippen molar-refractivity contribution in [1.29, 1.82) is 0 Å². The van der Waals surface area contributed by atoms with E-state index in [0.29, 0.717) is 28.7 Å². The highest BCUT2D eigenvalue weighted by atomic mass is 16.5. The molecule has 0 radical (unpaired) electrons. The zero-order valence-electron chi connectivity index (χ0n) is 15.1. The Hall–Kier alpha value is -4.00. The first-order valence-electron chi connectivity index (χ1n) is 8.66. The van der Waals surface area contributed by atoms with Gasteiger partial charge in [-0.2, -0.15) is 5.10 Å². The largest absolute Gasteiger partial charge is 0.439 e. The second-order valence-corrected chi connectivity index (χ2v) is 6.06. The van der Waals surface area contributed by atoms with Crippen LogP contribution in [-0.2, 0) is 0 Å². The smallest absolute Gasteiger partial charge is 0.255 e. The monoisotopic (exact) mass is 371 g/mol. The summed E-state index contributed by atoms with van der Waals surface area (Å²) in [6.07, 6.45) is 4.88. The summed E-state index contributed by atoms with van der Waals surface area (Å²) in [4.78, 5) is 20.7. The first kappa shape index (κ1) is 17.4. The van der Waals surface area contributed by atoms with E-state index < -0.39 is 0 Å². The van der Waals surface area contributed by atoms with Crippen LogP contribution in [0.2, 0.25) is 0 Å². The van der Waals surface area contributed by atoms with Gasteiger partial charge in [0, 0.05) is 29.7 Å². The molecule has 7 heteroatoms. The van der Waals surface area contributed by atoms with Crippen molar-refractivity contribution in [3.63, 3.8) is 0 Å². The van der Waals surface area contributed by atoms with Crippen LogP contribution in [0.25, 0.3) is 5.82 Å². The maximum atomic E-state index is 12.4. The van der Waals surface area contributed by atoms with E-state index in [0.717, 1.165) is 5.56 Å². The predicted octanol–water partition coefficient (Wildman–Crippen LogP) is 4.02. The van der Waals surface area contributed by atoms with Crippen LogP contribution in [0.4, 0.5) is 5.69 Å². The van der Waals surface area contributed by atoms with Crippen molar-refractivity contribution in [2.24, 2.45) is 0 Å². The van der Waals surface area contributed by atoms with Crippen molar-refractivity contribution in [3.8, 4) is 17.4 Å². The second kappa shape index (κ2) is 7.71. The van der Waals surface area contributed by atoms with Crippen LogP contribution in [0.5, 0.6) is 11.6 Å². The number of carbonyl (C=O) groups is 1. The maximum Gasteiger partial charge on any atom is 0.255 e. The number of anilines is 1. The molecule has 0 atom stereocenters. The van der Waals surface area contributed by atoms with Gasteiger partial charge in [0.25, 0.3) is 5.91 Å². The standard InChI is InChI=1S/C21H17N5O2/c1-15-5-2-3-6-18(15)21(27)25-16-7-9-17(10-8-16)28-20-13-19(22-14-23-20)26-12-4-11-24-26/h2-14H,1H3,(H,25,27). The maximum absolute atomic E-state index is 12.4. The minimum atomic E-state index is -0.147. The molecule has 2 heterocycles. The molecule has 4 rings (SSSR count). The van der Waals surface area contributed by atoms with Crippen LogP contribution in [0.1, 0.15) is 15.9 Å². The van der Waals surface area contributed by atoms with Crippen LogP contribution in [0.3, 0.4) is 0 Å². The highest BCUT2D eigenvalue weighted by Gasteiger charge is 2.09. The molecule has 7 nitrogen and oxygen atoms in total. The normalized spacial score (nSPS) is 10.5. The zero-order valence-corrected chi connectivity index (χ0v) is 15.1. The molecule has 1 amide bonds. The van der Waals surface area contributed by atoms with Crippen LogP contribution in [-0.4, -0.2) is 25.7 Å². The molecule has 2 aromatic carbocycles. The van der Waals surface area contributed by atoms with E-state index in [1.54, 1.807) is 53.5 Å². The van der Waals surface area contributed by atoms with Gasteiger partial charge in [0.15, 0.2) is 5.82 Å². The van der Waals surface area contributed by atoms with Gasteiger partial charge >= 0.3 is 0 Å². The summed E-state index contributed by atoms with van der Waals surface area (Å²) < 4.78 is 7.40. The van der Waals surface area contributed by atoms with E-state index in [9.17, 15) is 4.79 Å². The minimum Gasteiger partial charge on any atom is -0.439 e. The van der Waals surface area contributed by atoms with E-state index in [1.165, 1.54) is 6.33 Å². The second-order valence-electron chi connectivity index (χ2n) is 6.06. The highest BCUT2D eigenvalue weighted by Crippen LogP contribution is 2.22. The fraction of sp³-hybridized carbons (Fsp3) is 0.0476. The number of carbonyl (C=O) groups excluding carboxylic acids is 1. The molecule has 4 aromatic rings. The predicted molar refractivity (Wildman–Crippen MR) is 105 cm³/mol. The lowest BCUT2D eigenvalue weighted by Crippen LogP contribution is -2.13. The first-order chi connectivity index (χ1) is 13.7. The number of nitrogens with one attached hydrogen (secondary N) is 1. The third-order valence-electron chi connectivity index (χ3n) is 4.09. The van der Waals surface area contributed by atoms with Crippen molar-refractivity contribution < 1.29 is 9.53 Å². The zero-order chi connectivity index (χ0) is 19.3. The third kappa shape index (κ3) is 3.88. The van der Waals surface area contributed by atoms with Gasteiger partial charge in [-0.15, -0.1) is 0 Å². The topological polar surface area (TPSA) is 81.9 Å². The number of hydrogen-bond acceptors (Lipinski definition) is 5. The van der Waals surface area contributed by atoms with Gasteiger partial charge < -0.3 is 10.1 Å². The van der Waals surface area contributed by atoms with Gasteiger partial charge in [-0.3, -0.25) is 4.79 Å². The number of rotatable bonds is 5. The molecule has 0 bridgehead atoms. The lowest BCUT2D eigenvalue weighted by Gasteiger charge is -2.09. The molecular weight excluding hydrogens is 354 g/mol. The molecule has 0 saturated heterocycles. The SMILES string of the molecule is Cc1ccccc1C(=O)Nc1ccc(Oc2cc(-n3cccn3)ncn2)cc1. The van der Waals surface area contributed by atoms with Crippen molar-refractivity contribution in [3.05, 3.63) is 90.5 Å². The molecule has 2 aromatic heterocycles. The van der Waals surface area contributed by atoms with Crippen molar-refractivity contribution in [2.75, 3.05) is 5.32 Å². The highest BCUT2D eigenvalue weighted by molar-refractivity contribution is 6.05.